The topological polar surface area (TPSA) is 143 Å². The van der Waals surface area contributed by atoms with Crippen LogP contribution in [0.4, 0.5) is 15.2 Å². The summed E-state index contributed by atoms with van der Waals surface area (Å²) < 4.78 is 47.4. The van der Waals surface area contributed by atoms with E-state index in [1.807, 2.05) is 0 Å². The van der Waals surface area contributed by atoms with Gasteiger partial charge < -0.3 is 15.2 Å². The number of halogens is 2. The molecular formula is C25H21ClFN5O5S2. The Morgan fingerprint density at radius 3 is 2.69 bits per heavy atom. The molecule has 0 atom stereocenters. The summed E-state index contributed by atoms with van der Waals surface area (Å²) in [4.78, 5) is 25.1. The van der Waals surface area contributed by atoms with Crippen molar-refractivity contribution in [1.29, 1.82) is 0 Å². The molecule has 0 aliphatic carbocycles. The Morgan fingerprint density at radius 1 is 1.26 bits per heavy atom. The molecule has 10 nitrogen and oxygen atoms in total. The van der Waals surface area contributed by atoms with Gasteiger partial charge >= 0.3 is 0 Å². The number of para-hydroxylation sites is 1. The average molecular weight is 590 g/mol. The van der Waals surface area contributed by atoms with E-state index in [1.54, 1.807) is 25.1 Å². The number of rotatable bonds is 8. The molecule has 0 spiro atoms. The minimum atomic E-state index is -4.22. The molecule has 0 radical (unpaired) electrons. The number of sulfonamides is 1. The predicted octanol–water partition coefficient (Wildman–Crippen LogP) is 4.93. The molecule has 4 aromatic rings. The van der Waals surface area contributed by atoms with E-state index in [0.29, 0.717) is 22.4 Å². The molecule has 0 bridgehead atoms. The quantitative estimate of drug-likeness (QED) is 0.247. The van der Waals surface area contributed by atoms with Gasteiger partial charge in [0, 0.05) is 24.4 Å². The van der Waals surface area contributed by atoms with Gasteiger partial charge in [-0.3, -0.25) is 14.5 Å². The van der Waals surface area contributed by atoms with E-state index >= 15 is 0 Å². The van der Waals surface area contributed by atoms with Crippen LogP contribution < -0.4 is 14.8 Å². The highest BCUT2D eigenvalue weighted by atomic mass is 35.5. The van der Waals surface area contributed by atoms with Crippen LogP contribution in [0.3, 0.4) is 0 Å². The van der Waals surface area contributed by atoms with Crippen molar-refractivity contribution >= 4 is 55.9 Å². The monoisotopic (exact) mass is 589 g/mol. The molecule has 2 aromatic carbocycles. The zero-order valence-corrected chi connectivity index (χ0v) is 23.1. The number of anilines is 1. The number of hydrogen-bond acceptors (Lipinski definition) is 9. The summed E-state index contributed by atoms with van der Waals surface area (Å²) in [7, 11) is -1.37. The van der Waals surface area contributed by atoms with Gasteiger partial charge in [0.05, 0.1) is 29.7 Å². The molecule has 202 valence electrons. The number of benzene rings is 2. The molecule has 39 heavy (non-hydrogen) atoms. The van der Waals surface area contributed by atoms with Crippen LogP contribution in [0.1, 0.15) is 20.8 Å². The largest absolute Gasteiger partial charge is 0.504 e. The van der Waals surface area contributed by atoms with Gasteiger partial charge in [0.2, 0.25) is 0 Å². The first-order chi connectivity index (χ1) is 18.5. The van der Waals surface area contributed by atoms with E-state index < -0.39 is 21.7 Å². The van der Waals surface area contributed by atoms with Crippen LogP contribution in [0, 0.1) is 12.7 Å². The maximum Gasteiger partial charge on any atom is 0.281 e. The lowest BCUT2D eigenvalue weighted by molar-refractivity contribution is 0.0967. The van der Waals surface area contributed by atoms with Gasteiger partial charge in [-0.2, -0.15) is 8.42 Å². The highest BCUT2D eigenvalue weighted by Gasteiger charge is 2.25. The number of phenolic OH excluding ortho intramolecular Hbond substituents is 1. The zero-order chi connectivity index (χ0) is 28.3. The molecule has 0 unspecified atom stereocenters. The van der Waals surface area contributed by atoms with Gasteiger partial charge in [0.1, 0.15) is 10.7 Å². The van der Waals surface area contributed by atoms with Crippen LogP contribution in [-0.2, 0) is 10.0 Å². The second-order valence-corrected chi connectivity index (χ2v) is 11.0. The molecule has 4 rings (SSSR count). The standard InChI is InChI=1S/C25H21ClFN5O5S2/c1-13-9-16(29-11-15-5-4-6-19(37-3)21(15)33)12-30-24(13)39(35,36)32-25-31-20(22(38-25)23(34)28-2)14-7-8-18(27)17(26)10-14/h4-12,33H,1-3H3,(H,28,34)(H,31,32). The lowest BCUT2D eigenvalue weighted by atomic mass is 10.1. The van der Waals surface area contributed by atoms with Gasteiger partial charge in [0.25, 0.3) is 15.9 Å². The second-order valence-electron chi connectivity index (χ2n) is 7.98. The van der Waals surface area contributed by atoms with E-state index in [-0.39, 0.29) is 37.3 Å². The molecule has 0 saturated heterocycles. The van der Waals surface area contributed by atoms with E-state index in [0.717, 1.165) is 17.4 Å². The number of aliphatic imine (C=N–C) groups is 1. The summed E-state index contributed by atoms with van der Waals surface area (Å²) in [5.41, 5.74) is 1.51. The first-order valence-electron chi connectivity index (χ1n) is 11.1. The molecule has 2 aromatic heterocycles. The number of thiazole rings is 1. The molecule has 0 aliphatic heterocycles. The number of carbonyl (C=O) groups is 1. The Balaban J connectivity index is 1.62. The van der Waals surface area contributed by atoms with E-state index in [1.165, 1.54) is 44.8 Å². The van der Waals surface area contributed by atoms with Crippen molar-refractivity contribution in [3.63, 3.8) is 0 Å². The van der Waals surface area contributed by atoms with Crippen molar-refractivity contribution in [3.8, 4) is 22.8 Å². The van der Waals surface area contributed by atoms with Crippen molar-refractivity contribution in [2.75, 3.05) is 18.9 Å². The number of pyridine rings is 1. The van der Waals surface area contributed by atoms with E-state index in [2.05, 4.69) is 25.0 Å². The number of carbonyl (C=O) groups excluding carboxylic acids is 1. The van der Waals surface area contributed by atoms with Crippen LogP contribution in [0.15, 0.2) is 58.7 Å². The molecular weight excluding hydrogens is 569 g/mol. The number of aryl methyl sites for hydroxylation is 1. The Morgan fingerprint density at radius 2 is 2.03 bits per heavy atom. The number of aromatic hydroxyl groups is 1. The van der Waals surface area contributed by atoms with Gasteiger partial charge in [-0.15, -0.1) is 0 Å². The van der Waals surface area contributed by atoms with Crippen LogP contribution in [0.5, 0.6) is 11.5 Å². The Kier molecular flexibility index (Phi) is 8.14. The molecule has 14 heteroatoms. The molecule has 0 fully saturated rings. The van der Waals surface area contributed by atoms with Crippen LogP contribution in [0.25, 0.3) is 11.3 Å². The summed E-state index contributed by atoms with van der Waals surface area (Å²) >= 11 is 6.69. The minimum Gasteiger partial charge on any atom is -0.504 e. The Hall–Kier alpha value is -4.07. The molecule has 0 aliphatic rings. The zero-order valence-electron chi connectivity index (χ0n) is 20.7. The number of phenols is 1. The fraction of sp³-hybridized carbons (Fsp3) is 0.120. The van der Waals surface area contributed by atoms with Crippen molar-refractivity contribution in [1.82, 2.24) is 15.3 Å². The van der Waals surface area contributed by atoms with Crippen molar-refractivity contribution in [3.05, 3.63) is 75.5 Å². The number of ether oxygens (including phenoxy) is 1. The highest BCUT2D eigenvalue weighted by Crippen LogP contribution is 2.34. The smallest absolute Gasteiger partial charge is 0.281 e. The summed E-state index contributed by atoms with van der Waals surface area (Å²) in [6.07, 6.45) is 2.67. The molecule has 0 saturated carbocycles. The predicted molar refractivity (Wildman–Crippen MR) is 148 cm³/mol. The lowest BCUT2D eigenvalue weighted by Crippen LogP contribution is -2.17. The number of nitrogens with zero attached hydrogens (tertiary/aromatic N) is 3. The van der Waals surface area contributed by atoms with Gasteiger partial charge in [-0.25, -0.2) is 14.4 Å². The van der Waals surface area contributed by atoms with Gasteiger partial charge in [0.15, 0.2) is 21.7 Å². The lowest BCUT2D eigenvalue weighted by Gasteiger charge is -2.08. The summed E-state index contributed by atoms with van der Waals surface area (Å²) in [5.74, 6) is -0.952. The Bertz CT molecular complexity index is 1710. The van der Waals surface area contributed by atoms with Crippen LogP contribution in [0.2, 0.25) is 5.02 Å². The number of methoxy groups -OCH3 is 1. The number of hydrogen-bond donors (Lipinski definition) is 3. The summed E-state index contributed by atoms with van der Waals surface area (Å²) in [6, 6.07) is 10.3. The SMILES string of the molecule is CNC(=O)c1sc(NS(=O)(=O)c2ncc(N=Cc3cccc(OC)c3O)cc2C)nc1-c1ccc(F)c(Cl)c1. The molecule has 3 N–H and O–H groups in total. The Labute approximate surface area is 232 Å². The van der Waals surface area contributed by atoms with Gasteiger partial charge in [-0.1, -0.05) is 29.0 Å². The number of nitrogens with one attached hydrogen (secondary N) is 2. The summed E-state index contributed by atoms with van der Waals surface area (Å²) in [5, 5.41) is 12.1. The fourth-order valence-electron chi connectivity index (χ4n) is 3.49. The maximum atomic E-state index is 13.7. The van der Waals surface area contributed by atoms with Crippen molar-refractivity contribution < 1.29 is 27.4 Å². The average Bonchev–Trinajstić information content (AvgIpc) is 3.32. The van der Waals surface area contributed by atoms with E-state index in [9.17, 15) is 22.7 Å². The first kappa shape index (κ1) is 28.0. The normalized spacial score (nSPS) is 11.5. The van der Waals surface area contributed by atoms with Crippen LogP contribution in [-0.4, -0.2) is 49.8 Å². The number of amides is 1. The number of aromatic nitrogens is 2. The van der Waals surface area contributed by atoms with Crippen molar-refractivity contribution in [2.45, 2.75) is 11.9 Å². The van der Waals surface area contributed by atoms with Crippen molar-refractivity contribution in [2.24, 2.45) is 4.99 Å². The second kappa shape index (κ2) is 11.4. The molecule has 1 amide bonds. The highest BCUT2D eigenvalue weighted by molar-refractivity contribution is 7.92. The minimum absolute atomic E-state index is 0.0846. The third kappa shape index (κ3) is 6.00. The first-order valence-corrected chi connectivity index (χ1v) is 13.8. The third-order valence-corrected chi connectivity index (χ3v) is 8.14. The van der Waals surface area contributed by atoms with Gasteiger partial charge in [-0.05, 0) is 48.9 Å². The van der Waals surface area contributed by atoms with E-state index in [4.69, 9.17) is 16.3 Å². The summed E-state index contributed by atoms with van der Waals surface area (Å²) in [6.45, 7) is 1.55. The fourth-order valence-corrected chi connectivity index (χ4v) is 5.99. The third-order valence-electron chi connectivity index (χ3n) is 5.35. The van der Waals surface area contributed by atoms with Crippen LogP contribution >= 0.6 is 22.9 Å². The maximum absolute atomic E-state index is 13.7. The molecule has 2 heterocycles.